The van der Waals surface area contributed by atoms with Crippen LogP contribution in [0.5, 0.6) is 0 Å². The molecule has 186 valence electrons. The summed E-state index contributed by atoms with van der Waals surface area (Å²) >= 11 is 0.888. The average molecular weight is 519 g/mol. The van der Waals surface area contributed by atoms with E-state index in [4.69, 9.17) is 10.5 Å². The number of non-ortho nitro benzene ring substituents is 2. The minimum atomic E-state index is -1.13. The second-order valence-corrected chi connectivity index (χ2v) is 8.77. The lowest BCUT2D eigenvalue weighted by Gasteiger charge is -2.24. The van der Waals surface area contributed by atoms with Crippen LogP contribution in [0.4, 0.5) is 11.4 Å². The van der Waals surface area contributed by atoms with Crippen molar-refractivity contribution in [2.75, 3.05) is 6.61 Å². The lowest BCUT2D eigenvalue weighted by Crippen LogP contribution is -2.40. The molecule has 2 heterocycles. The van der Waals surface area contributed by atoms with Gasteiger partial charge in [0.1, 0.15) is 10.5 Å². The van der Waals surface area contributed by atoms with E-state index in [2.05, 4.69) is 0 Å². The molecule has 1 aromatic heterocycles. The molecule has 0 fully saturated rings. The Morgan fingerprint density at radius 3 is 2.46 bits per heavy atom. The molecule has 2 N–H and O–H groups in total. The molecule has 0 radical (unpaired) electrons. The first-order valence-corrected chi connectivity index (χ1v) is 11.5. The summed E-state index contributed by atoms with van der Waals surface area (Å²) in [7, 11) is 0. The summed E-state index contributed by atoms with van der Waals surface area (Å²) in [6.45, 7) is 1.58. The van der Waals surface area contributed by atoms with E-state index in [1.54, 1.807) is 13.0 Å². The summed E-state index contributed by atoms with van der Waals surface area (Å²) in [6, 6.07) is 13.0. The third kappa shape index (κ3) is 4.48. The molecule has 0 saturated carbocycles. The Kier molecular flexibility index (Phi) is 6.68. The van der Waals surface area contributed by atoms with Crippen molar-refractivity contribution in [1.82, 2.24) is 4.57 Å². The molecule has 4 rings (SSSR count). The molecule has 12 nitrogen and oxygen atoms in total. The number of ether oxygens (including phenoxy) is 1. The normalized spacial score (nSPS) is 15.2. The number of nitro benzene ring substituents is 2. The van der Waals surface area contributed by atoms with Gasteiger partial charge < -0.3 is 10.5 Å². The molecule has 0 spiro atoms. The predicted octanol–water partition coefficient (Wildman–Crippen LogP) is 1.72. The summed E-state index contributed by atoms with van der Waals surface area (Å²) in [4.78, 5) is 47.9. The van der Waals surface area contributed by atoms with E-state index in [-0.39, 0.29) is 49.7 Å². The van der Waals surface area contributed by atoms with Crippen LogP contribution < -0.4 is 20.5 Å². The van der Waals surface area contributed by atoms with Crippen molar-refractivity contribution in [2.24, 2.45) is 5.73 Å². The van der Waals surface area contributed by atoms with Crippen molar-refractivity contribution >= 4 is 46.2 Å². The minimum Gasteiger partial charge on any atom is -0.463 e. The molecule has 0 aliphatic carbocycles. The van der Waals surface area contributed by atoms with Gasteiger partial charge in [0, 0.05) is 24.3 Å². The van der Waals surface area contributed by atoms with Crippen molar-refractivity contribution < 1.29 is 19.4 Å². The van der Waals surface area contributed by atoms with Crippen molar-refractivity contribution in [3.63, 3.8) is 0 Å². The predicted molar refractivity (Wildman–Crippen MR) is 133 cm³/mol. The first-order valence-electron chi connectivity index (χ1n) is 10.7. The molecule has 13 heteroatoms. The Bertz CT molecular complexity index is 1730. The largest absolute Gasteiger partial charge is 0.463 e. The fraction of sp³-hybridized carbons (Fsp3) is 0.125. The second kappa shape index (κ2) is 9.88. The van der Waals surface area contributed by atoms with Gasteiger partial charge in [-0.3, -0.25) is 29.6 Å². The zero-order chi connectivity index (χ0) is 26.9. The summed E-state index contributed by atoms with van der Waals surface area (Å²) in [5, 5.41) is 32.5. The topological polar surface area (TPSA) is 184 Å². The number of nitriles is 1. The van der Waals surface area contributed by atoms with E-state index in [0.717, 1.165) is 15.9 Å². The maximum absolute atomic E-state index is 13.4. The van der Waals surface area contributed by atoms with Crippen LogP contribution in [-0.2, 0) is 9.53 Å². The molecule has 0 bridgehead atoms. The molecule has 0 amide bonds. The fourth-order valence-electron chi connectivity index (χ4n) is 3.98. The molecule has 2 aromatic carbocycles. The third-order valence-electron chi connectivity index (χ3n) is 5.56. The Balaban J connectivity index is 2.08. The van der Waals surface area contributed by atoms with E-state index in [0.29, 0.717) is 5.56 Å². The van der Waals surface area contributed by atoms with Crippen molar-refractivity contribution in [2.45, 2.75) is 12.8 Å². The monoisotopic (exact) mass is 519 g/mol. The summed E-state index contributed by atoms with van der Waals surface area (Å²) in [6.07, 6.45) is 1.41. The molecular weight excluding hydrogens is 502 g/mol. The van der Waals surface area contributed by atoms with Crippen LogP contribution in [0.25, 0.3) is 17.5 Å². The van der Waals surface area contributed by atoms with Gasteiger partial charge in [-0.15, -0.1) is 11.3 Å². The quantitative estimate of drug-likeness (QED) is 0.288. The lowest BCUT2D eigenvalue weighted by atomic mass is 9.83. The number of benzene rings is 2. The number of hydrogen-bond acceptors (Lipinski definition) is 10. The SMILES string of the molecule is CCOC(=O)C1=c2s/c(=C/c3cccc([N+](=O)[O-])c3)c(=O)n2C(N)=C(C#N)C1c1cccc([N+](=O)[O-])c1. The molecule has 1 aliphatic rings. The lowest BCUT2D eigenvalue weighted by molar-refractivity contribution is -0.385. The fourth-order valence-corrected chi connectivity index (χ4v) is 5.15. The van der Waals surface area contributed by atoms with Gasteiger partial charge in [-0.25, -0.2) is 4.79 Å². The number of nitro groups is 2. The highest BCUT2D eigenvalue weighted by Gasteiger charge is 2.37. The maximum Gasteiger partial charge on any atom is 0.338 e. The number of thiazole rings is 1. The van der Waals surface area contributed by atoms with Crippen LogP contribution in [0, 0.1) is 31.6 Å². The van der Waals surface area contributed by atoms with Gasteiger partial charge in [-0.05, 0) is 24.1 Å². The van der Waals surface area contributed by atoms with Gasteiger partial charge >= 0.3 is 5.97 Å². The summed E-state index contributed by atoms with van der Waals surface area (Å²) in [5.41, 5.74) is 5.56. The molecular formula is C24H17N5O7S. The second-order valence-electron chi connectivity index (χ2n) is 7.74. The van der Waals surface area contributed by atoms with Gasteiger partial charge in [-0.1, -0.05) is 24.3 Å². The van der Waals surface area contributed by atoms with Crippen LogP contribution in [0.3, 0.4) is 0 Å². The van der Waals surface area contributed by atoms with E-state index in [9.17, 15) is 35.1 Å². The Hall–Kier alpha value is -5.09. The Labute approximate surface area is 211 Å². The number of fused-ring (bicyclic) bond motifs is 1. The van der Waals surface area contributed by atoms with E-state index in [1.807, 2.05) is 6.07 Å². The number of nitrogens with two attached hydrogens (primary N) is 1. The molecule has 0 saturated heterocycles. The zero-order valence-electron chi connectivity index (χ0n) is 19.1. The highest BCUT2D eigenvalue weighted by atomic mass is 32.1. The number of carbonyl (C=O) groups excluding carboxylic acids is 1. The van der Waals surface area contributed by atoms with Crippen LogP contribution in [0.15, 0.2) is 58.9 Å². The molecule has 1 atom stereocenters. The average Bonchev–Trinajstić information content (AvgIpc) is 3.19. The smallest absolute Gasteiger partial charge is 0.338 e. The first-order chi connectivity index (χ1) is 17.7. The van der Waals surface area contributed by atoms with Crippen molar-refractivity contribution in [3.8, 4) is 6.07 Å². The van der Waals surface area contributed by atoms with Crippen LogP contribution in [0.1, 0.15) is 24.0 Å². The van der Waals surface area contributed by atoms with E-state index < -0.39 is 27.3 Å². The van der Waals surface area contributed by atoms with Gasteiger partial charge in [0.2, 0.25) is 0 Å². The first kappa shape index (κ1) is 25.0. The Morgan fingerprint density at radius 1 is 1.19 bits per heavy atom. The van der Waals surface area contributed by atoms with Crippen LogP contribution >= 0.6 is 11.3 Å². The molecule has 1 unspecified atom stereocenters. The minimum absolute atomic E-state index is 0.00660. The van der Waals surface area contributed by atoms with Gasteiger partial charge in [-0.2, -0.15) is 5.26 Å². The number of carbonyl (C=O) groups is 1. The number of aromatic nitrogens is 1. The molecule has 37 heavy (non-hydrogen) atoms. The van der Waals surface area contributed by atoms with E-state index >= 15 is 0 Å². The number of hydrogen-bond donors (Lipinski definition) is 1. The summed E-state index contributed by atoms with van der Waals surface area (Å²) in [5.74, 6) is -2.19. The van der Waals surface area contributed by atoms with Crippen LogP contribution in [0.2, 0.25) is 0 Å². The maximum atomic E-state index is 13.4. The number of rotatable bonds is 6. The number of esters is 1. The van der Waals surface area contributed by atoms with Gasteiger partial charge in [0.05, 0.1) is 44.1 Å². The van der Waals surface area contributed by atoms with Crippen molar-refractivity contribution in [3.05, 3.63) is 105 Å². The van der Waals surface area contributed by atoms with E-state index in [1.165, 1.54) is 48.5 Å². The highest BCUT2D eigenvalue weighted by Crippen LogP contribution is 2.37. The van der Waals surface area contributed by atoms with Gasteiger partial charge in [0.15, 0.2) is 0 Å². The Morgan fingerprint density at radius 2 is 1.84 bits per heavy atom. The number of allylic oxidation sites excluding steroid dienone is 1. The standard InChI is InChI=1S/C24H17N5O7S/c1-2-36-24(31)20-19(14-6-4-8-16(11-14)29(34)35)17(12-25)21(26)27-22(30)18(37-23(20)27)10-13-5-3-7-15(9-13)28(32)33/h3-11,19H,2,26H2,1H3/b18-10+. The summed E-state index contributed by atoms with van der Waals surface area (Å²) < 4.78 is 6.43. The zero-order valence-corrected chi connectivity index (χ0v) is 19.9. The van der Waals surface area contributed by atoms with Gasteiger partial charge in [0.25, 0.3) is 16.9 Å². The van der Waals surface area contributed by atoms with Crippen molar-refractivity contribution in [1.29, 1.82) is 5.26 Å². The van der Waals surface area contributed by atoms with Crippen LogP contribution in [-0.4, -0.2) is 27.0 Å². The molecule has 3 aromatic rings. The highest BCUT2D eigenvalue weighted by molar-refractivity contribution is 7.07. The third-order valence-corrected chi connectivity index (χ3v) is 6.67. The number of nitrogens with zero attached hydrogens (tertiary/aromatic N) is 4. The molecule has 1 aliphatic heterocycles.